The second kappa shape index (κ2) is 10.0. The van der Waals surface area contributed by atoms with E-state index in [4.69, 9.17) is 16.3 Å². The third-order valence-electron chi connectivity index (χ3n) is 4.31. The Bertz CT molecular complexity index is 1100. The summed E-state index contributed by atoms with van der Waals surface area (Å²) in [6, 6.07) is 25.4. The van der Waals surface area contributed by atoms with E-state index < -0.39 is 0 Å². The Morgan fingerprint density at radius 1 is 0.967 bits per heavy atom. The van der Waals surface area contributed by atoms with Crippen molar-refractivity contribution in [3.05, 3.63) is 106 Å². The van der Waals surface area contributed by atoms with Crippen molar-refractivity contribution in [1.29, 1.82) is 0 Å². The van der Waals surface area contributed by atoms with Gasteiger partial charge in [-0.15, -0.1) is 0 Å². The van der Waals surface area contributed by atoms with Crippen LogP contribution in [0.3, 0.4) is 0 Å². The van der Waals surface area contributed by atoms with E-state index in [1.54, 1.807) is 30.0 Å². The zero-order valence-corrected chi connectivity index (χ0v) is 18.3. The maximum absolute atomic E-state index is 12.5. The lowest BCUT2D eigenvalue weighted by Crippen LogP contribution is -1.97. The molecule has 0 saturated carbocycles. The monoisotopic (exact) mass is 451 g/mol. The number of hydrogen-bond acceptors (Lipinski definition) is 5. The Balaban J connectivity index is 1.50. The van der Waals surface area contributed by atoms with Crippen molar-refractivity contribution >= 4 is 50.7 Å². The molecule has 0 saturated heterocycles. The summed E-state index contributed by atoms with van der Waals surface area (Å²) >= 11 is 8.92. The van der Waals surface area contributed by atoms with Crippen molar-refractivity contribution in [3.63, 3.8) is 0 Å². The van der Waals surface area contributed by atoms with E-state index in [1.165, 1.54) is 5.56 Å². The number of carbonyl (C=O) groups excluding carboxylic acids is 1. The summed E-state index contributed by atoms with van der Waals surface area (Å²) in [6.07, 6.45) is 1.75. The average molecular weight is 452 g/mol. The molecule has 3 aromatic carbocycles. The lowest BCUT2D eigenvalue weighted by atomic mass is 10.1. The van der Waals surface area contributed by atoms with Crippen molar-refractivity contribution in [2.24, 2.45) is 4.99 Å². The van der Waals surface area contributed by atoms with Gasteiger partial charge in [-0.25, -0.2) is 4.99 Å². The molecule has 0 amide bonds. The van der Waals surface area contributed by atoms with E-state index in [-0.39, 0.29) is 5.12 Å². The Kier molecular flexibility index (Phi) is 6.95. The molecule has 0 fully saturated rings. The summed E-state index contributed by atoms with van der Waals surface area (Å²) < 4.78 is 6.73. The number of hydrogen-bond donors (Lipinski definition) is 0. The molecular formula is C24H18ClNO2S2. The number of nitrogens with zero attached hydrogens (tertiary/aromatic N) is 1. The summed E-state index contributed by atoms with van der Waals surface area (Å²) in [6.45, 7) is 0.433. The number of carbonyl (C=O) groups is 1. The maximum atomic E-state index is 12.5. The van der Waals surface area contributed by atoms with Gasteiger partial charge in [0.15, 0.2) is 0 Å². The normalized spacial score (nSPS) is 14.8. The first-order valence-corrected chi connectivity index (χ1v) is 11.5. The molecule has 0 spiro atoms. The second-order valence-electron chi connectivity index (χ2n) is 6.53. The van der Waals surface area contributed by atoms with Crippen LogP contribution in [0.25, 0.3) is 6.08 Å². The zero-order chi connectivity index (χ0) is 20.8. The molecule has 150 valence electrons. The number of aliphatic imine (C=N–C) groups is 1. The van der Waals surface area contributed by atoms with Crippen LogP contribution in [-0.4, -0.2) is 9.49 Å². The molecule has 3 nitrogen and oxygen atoms in total. The van der Waals surface area contributed by atoms with Crippen LogP contribution in [0.2, 0.25) is 5.02 Å². The first-order chi connectivity index (χ1) is 14.7. The fraction of sp³-hybridized carbons (Fsp3) is 0.0833. The Morgan fingerprint density at radius 3 is 2.40 bits per heavy atom. The van der Waals surface area contributed by atoms with Gasteiger partial charge in [0.05, 0.1) is 0 Å². The molecule has 4 rings (SSSR count). The third-order valence-corrected chi connectivity index (χ3v) is 6.62. The van der Waals surface area contributed by atoms with Crippen LogP contribution in [0.4, 0.5) is 0 Å². The molecule has 1 aliphatic rings. The quantitative estimate of drug-likeness (QED) is 0.385. The summed E-state index contributed by atoms with van der Waals surface area (Å²) in [5.74, 6) is 1.43. The molecule has 0 N–H and O–H groups in total. The van der Waals surface area contributed by atoms with E-state index in [9.17, 15) is 4.79 Å². The number of rotatable bonds is 6. The molecule has 3 aromatic rings. The van der Waals surface area contributed by atoms with E-state index in [0.29, 0.717) is 23.1 Å². The van der Waals surface area contributed by atoms with Gasteiger partial charge >= 0.3 is 0 Å². The number of halogens is 1. The Labute approximate surface area is 189 Å². The van der Waals surface area contributed by atoms with Gasteiger partial charge in [0.25, 0.3) is 0 Å². The van der Waals surface area contributed by atoms with Crippen molar-refractivity contribution in [2.75, 3.05) is 0 Å². The summed E-state index contributed by atoms with van der Waals surface area (Å²) in [7, 11) is 0. The number of benzene rings is 3. The summed E-state index contributed by atoms with van der Waals surface area (Å²) in [4.78, 5) is 17.0. The molecule has 1 aliphatic heterocycles. The van der Waals surface area contributed by atoms with E-state index >= 15 is 0 Å². The average Bonchev–Trinajstić information content (AvgIpc) is 3.12. The van der Waals surface area contributed by atoms with Crippen LogP contribution in [0, 0.1) is 0 Å². The standard InChI is InChI=1S/C24H18ClNO2S2/c25-20-11-12-22(28-15-17-7-3-1-4-8-17)19(13-20)14-21-23(27)30-24(26-21)29-16-18-9-5-2-6-10-18/h1-14H,15-16H2. The van der Waals surface area contributed by atoms with E-state index in [0.717, 1.165) is 33.0 Å². The van der Waals surface area contributed by atoms with Gasteiger partial charge < -0.3 is 4.74 Å². The van der Waals surface area contributed by atoms with Crippen molar-refractivity contribution in [2.45, 2.75) is 12.4 Å². The minimum Gasteiger partial charge on any atom is -0.488 e. The highest BCUT2D eigenvalue weighted by Gasteiger charge is 2.23. The van der Waals surface area contributed by atoms with Crippen LogP contribution < -0.4 is 4.74 Å². The minimum atomic E-state index is -0.0699. The molecule has 0 aliphatic carbocycles. The SMILES string of the molecule is O=C1SC(SCc2ccccc2)=NC1=Cc1cc(Cl)ccc1OCc1ccccc1. The molecule has 30 heavy (non-hydrogen) atoms. The molecule has 0 aromatic heterocycles. The number of ether oxygens (including phenoxy) is 1. The molecular weight excluding hydrogens is 434 g/mol. The van der Waals surface area contributed by atoms with Gasteiger partial charge in [-0.05, 0) is 47.2 Å². The van der Waals surface area contributed by atoms with Gasteiger partial charge in [-0.1, -0.05) is 84.0 Å². The topological polar surface area (TPSA) is 38.7 Å². The lowest BCUT2D eigenvalue weighted by molar-refractivity contribution is -0.107. The van der Waals surface area contributed by atoms with Crippen LogP contribution in [0.15, 0.2) is 89.6 Å². The first-order valence-electron chi connectivity index (χ1n) is 9.33. The van der Waals surface area contributed by atoms with Crippen molar-refractivity contribution in [3.8, 4) is 5.75 Å². The molecule has 0 bridgehead atoms. The maximum Gasteiger partial charge on any atom is 0.244 e. The van der Waals surface area contributed by atoms with Gasteiger partial charge in [0.1, 0.15) is 22.4 Å². The summed E-state index contributed by atoms with van der Waals surface area (Å²) in [5.41, 5.74) is 3.40. The van der Waals surface area contributed by atoms with Gasteiger partial charge in [0.2, 0.25) is 5.12 Å². The van der Waals surface area contributed by atoms with Crippen molar-refractivity contribution < 1.29 is 9.53 Å². The Hall–Kier alpha value is -2.47. The highest BCUT2D eigenvalue weighted by atomic mass is 35.5. The van der Waals surface area contributed by atoms with Gasteiger partial charge in [-0.2, -0.15) is 0 Å². The number of thioether (sulfide) groups is 2. The molecule has 0 atom stereocenters. The predicted octanol–water partition coefficient (Wildman–Crippen LogP) is 6.82. The first kappa shape index (κ1) is 20.8. The highest BCUT2D eigenvalue weighted by molar-refractivity contribution is 8.45. The highest BCUT2D eigenvalue weighted by Crippen LogP contribution is 2.34. The lowest BCUT2D eigenvalue weighted by Gasteiger charge is -2.10. The second-order valence-corrected chi connectivity index (χ2v) is 9.15. The van der Waals surface area contributed by atoms with Crippen LogP contribution in [0.1, 0.15) is 16.7 Å². The van der Waals surface area contributed by atoms with Crippen molar-refractivity contribution in [1.82, 2.24) is 0 Å². The van der Waals surface area contributed by atoms with Crippen LogP contribution in [0.5, 0.6) is 5.75 Å². The minimum absolute atomic E-state index is 0.0699. The molecule has 1 heterocycles. The van der Waals surface area contributed by atoms with E-state index in [1.807, 2.05) is 54.6 Å². The van der Waals surface area contributed by atoms with Crippen LogP contribution >= 0.6 is 35.1 Å². The largest absolute Gasteiger partial charge is 0.488 e. The Morgan fingerprint density at radius 2 is 1.67 bits per heavy atom. The smallest absolute Gasteiger partial charge is 0.244 e. The van der Waals surface area contributed by atoms with Gasteiger partial charge in [0, 0.05) is 16.3 Å². The van der Waals surface area contributed by atoms with E-state index in [2.05, 4.69) is 17.1 Å². The third kappa shape index (κ3) is 5.57. The fourth-order valence-electron chi connectivity index (χ4n) is 2.82. The molecule has 0 radical (unpaired) electrons. The summed E-state index contributed by atoms with van der Waals surface area (Å²) in [5, 5.41) is 0.509. The van der Waals surface area contributed by atoms with Gasteiger partial charge in [-0.3, -0.25) is 4.79 Å². The van der Waals surface area contributed by atoms with Crippen LogP contribution in [-0.2, 0) is 17.2 Å². The molecule has 0 unspecified atom stereocenters. The zero-order valence-electron chi connectivity index (χ0n) is 16.0. The molecule has 6 heteroatoms. The fourth-order valence-corrected chi connectivity index (χ4v) is 4.79. The predicted molar refractivity (Wildman–Crippen MR) is 128 cm³/mol.